The fourth-order valence-electron chi connectivity index (χ4n) is 4.31. The van der Waals surface area contributed by atoms with Crippen LogP contribution >= 0.6 is 0 Å². The Labute approximate surface area is 200 Å². The first-order chi connectivity index (χ1) is 16.7. The molecule has 1 amide bonds. The molecule has 3 aromatic rings. The predicted octanol–water partition coefficient (Wildman–Crippen LogP) is 5.32. The second-order valence-electron chi connectivity index (χ2n) is 8.57. The summed E-state index contributed by atoms with van der Waals surface area (Å²) < 4.78 is 59.2. The molecule has 1 saturated heterocycles. The number of nitrogens with zero attached hydrogens (tertiary/aromatic N) is 4. The van der Waals surface area contributed by atoms with Gasteiger partial charge in [0.15, 0.2) is 5.82 Å². The van der Waals surface area contributed by atoms with Gasteiger partial charge in [-0.25, -0.2) is 19.3 Å². The largest absolute Gasteiger partial charge is 0.475 e. The van der Waals surface area contributed by atoms with Crippen molar-refractivity contribution < 1.29 is 27.1 Å². The zero-order chi connectivity index (χ0) is 25.2. The quantitative estimate of drug-likeness (QED) is 0.455. The molecule has 3 heterocycles. The SMILES string of the molecule is Cc1ccc(F)c(C(=O)N2CCCC(C)C2COc2ccc(C(F)(F)F)cn2)c1-c1ncccn1. The van der Waals surface area contributed by atoms with E-state index in [9.17, 15) is 18.0 Å². The van der Waals surface area contributed by atoms with Crippen molar-refractivity contribution in [3.63, 3.8) is 0 Å². The molecule has 2 aromatic heterocycles. The van der Waals surface area contributed by atoms with Crippen molar-refractivity contribution in [3.05, 3.63) is 71.4 Å². The molecule has 1 aliphatic rings. The number of carbonyl (C=O) groups is 1. The fourth-order valence-corrected chi connectivity index (χ4v) is 4.31. The van der Waals surface area contributed by atoms with Crippen LogP contribution < -0.4 is 4.74 Å². The fraction of sp³-hybridized carbons (Fsp3) is 0.360. The normalized spacial score (nSPS) is 18.4. The molecule has 0 N–H and O–H groups in total. The highest BCUT2D eigenvalue weighted by molar-refractivity contribution is 6.01. The summed E-state index contributed by atoms with van der Waals surface area (Å²) in [6, 6.07) is 6.07. The molecule has 35 heavy (non-hydrogen) atoms. The van der Waals surface area contributed by atoms with E-state index < -0.39 is 29.5 Å². The zero-order valence-electron chi connectivity index (χ0n) is 19.2. The number of pyridine rings is 1. The van der Waals surface area contributed by atoms with Gasteiger partial charge in [-0.2, -0.15) is 13.2 Å². The Morgan fingerprint density at radius 3 is 2.54 bits per heavy atom. The van der Waals surface area contributed by atoms with Crippen LogP contribution in [0.2, 0.25) is 0 Å². The maximum Gasteiger partial charge on any atom is 0.417 e. The van der Waals surface area contributed by atoms with Gasteiger partial charge >= 0.3 is 6.18 Å². The highest BCUT2D eigenvalue weighted by Crippen LogP contribution is 2.32. The number of hydrogen-bond donors (Lipinski definition) is 0. The van der Waals surface area contributed by atoms with Crippen molar-refractivity contribution in [2.75, 3.05) is 13.2 Å². The lowest BCUT2D eigenvalue weighted by Gasteiger charge is -2.40. The molecule has 10 heteroatoms. The number of amides is 1. The van der Waals surface area contributed by atoms with Crippen LogP contribution in [0, 0.1) is 18.7 Å². The number of benzene rings is 1. The van der Waals surface area contributed by atoms with Crippen molar-refractivity contribution in [2.45, 2.75) is 38.9 Å². The van der Waals surface area contributed by atoms with E-state index in [0.717, 1.165) is 25.0 Å². The van der Waals surface area contributed by atoms with Crippen LogP contribution in [0.25, 0.3) is 11.4 Å². The summed E-state index contributed by atoms with van der Waals surface area (Å²) in [4.78, 5) is 27.5. The average molecular weight is 488 g/mol. The summed E-state index contributed by atoms with van der Waals surface area (Å²) in [5.74, 6) is -0.895. The van der Waals surface area contributed by atoms with Crippen molar-refractivity contribution in [1.29, 1.82) is 0 Å². The molecular weight excluding hydrogens is 464 g/mol. The molecule has 0 radical (unpaired) electrons. The van der Waals surface area contributed by atoms with Crippen molar-refractivity contribution in [2.24, 2.45) is 5.92 Å². The molecule has 1 aliphatic heterocycles. The van der Waals surface area contributed by atoms with Crippen LogP contribution in [0.15, 0.2) is 48.9 Å². The number of alkyl halides is 3. The van der Waals surface area contributed by atoms with Crippen LogP contribution in [-0.4, -0.2) is 45.0 Å². The molecule has 6 nitrogen and oxygen atoms in total. The third-order valence-electron chi connectivity index (χ3n) is 6.21. The van der Waals surface area contributed by atoms with Gasteiger partial charge in [-0.3, -0.25) is 4.79 Å². The molecule has 0 aliphatic carbocycles. The van der Waals surface area contributed by atoms with E-state index in [1.165, 1.54) is 18.5 Å². The Morgan fingerprint density at radius 1 is 1.14 bits per heavy atom. The third-order valence-corrected chi connectivity index (χ3v) is 6.21. The van der Waals surface area contributed by atoms with Gasteiger partial charge in [0.2, 0.25) is 5.88 Å². The summed E-state index contributed by atoms with van der Waals surface area (Å²) in [6.45, 7) is 4.12. The minimum absolute atomic E-state index is 0.00980. The first kappa shape index (κ1) is 24.6. The molecule has 1 aromatic carbocycles. The number of likely N-dealkylation sites (tertiary alicyclic amines) is 1. The number of hydrogen-bond acceptors (Lipinski definition) is 5. The van der Waals surface area contributed by atoms with Gasteiger partial charge in [0, 0.05) is 36.8 Å². The Morgan fingerprint density at radius 2 is 1.89 bits per heavy atom. The Hall–Kier alpha value is -3.56. The highest BCUT2D eigenvalue weighted by Gasteiger charge is 2.36. The molecule has 0 bridgehead atoms. The highest BCUT2D eigenvalue weighted by atomic mass is 19.4. The summed E-state index contributed by atoms with van der Waals surface area (Å²) in [5, 5.41) is 0. The zero-order valence-corrected chi connectivity index (χ0v) is 19.2. The van der Waals surface area contributed by atoms with Gasteiger partial charge in [-0.05, 0) is 49.4 Å². The minimum Gasteiger partial charge on any atom is -0.475 e. The van der Waals surface area contributed by atoms with Gasteiger partial charge < -0.3 is 9.64 Å². The molecule has 0 saturated carbocycles. The van der Waals surface area contributed by atoms with E-state index in [1.54, 1.807) is 24.0 Å². The van der Waals surface area contributed by atoms with Crippen molar-refractivity contribution >= 4 is 5.91 Å². The lowest BCUT2D eigenvalue weighted by molar-refractivity contribution is -0.137. The monoisotopic (exact) mass is 488 g/mol. The van der Waals surface area contributed by atoms with Crippen LogP contribution in [0.4, 0.5) is 17.6 Å². The molecular formula is C25H24F4N4O2. The second-order valence-corrected chi connectivity index (χ2v) is 8.57. The lowest BCUT2D eigenvalue weighted by atomic mass is 9.89. The number of carbonyl (C=O) groups excluding carboxylic acids is 1. The van der Waals surface area contributed by atoms with Crippen LogP contribution in [-0.2, 0) is 6.18 Å². The summed E-state index contributed by atoms with van der Waals surface area (Å²) >= 11 is 0. The number of aromatic nitrogens is 3. The number of piperidine rings is 1. The van der Waals surface area contributed by atoms with Gasteiger partial charge in [0.25, 0.3) is 5.91 Å². The molecule has 0 spiro atoms. The summed E-state index contributed by atoms with van der Waals surface area (Å²) in [5.41, 5.74) is 0.00638. The minimum atomic E-state index is -4.50. The average Bonchev–Trinajstić information content (AvgIpc) is 2.84. The Kier molecular flexibility index (Phi) is 7.00. The number of halogens is 4. The van der Waals surface area contributed by atoms with Crippen LogP contribution in [0.5, 0.6) is 5.88 Å². The Balaban J connectivity index is 1.61. The topological polar surface area (TPSA) is 68.2 Å². The summed E-state index contributed by atoms with van der Waals surface area (Å²) in [6.07, 6.45) is 0.812. The van der Waals surface area contributed by atoms with E-state index in [-0.39, 0.29) is 29.8 Å². The number of ether oxygens (including phenoxy) is 1. The molecule has 1 fully saturated rings. The maximum atomic E-state index is 15.1. The first-order valence-electron chi connectivity index (χ1n) is 11.2. The second kappa shape index (κ2) is 9.97. The van der Waals surface area contributed by atoms with Crippen LogP contribution in [0.3, 0.4) is 0 Å². The summed E-state index contributed by atoms with van der Waals surface area (Å²) in [7, 11) is 0. The first-order valence-corrected chi connectivity index (χ1v) is 11.2. The number of aryl methyl sites for hydroxylation is 1. The van der Waals surface area contributed by atoms with E-state index >= 15 is 4.39 Å². The van der Waals surface area contributed by atoms with E-state index in [4.69, 9.17) is 4.74 Å². The van der Waals surface area contributed by atoms with Gasteiger partial charge in [0.1, 0.15) is 12.4 Å². The van der Waals surface area contributed by atoms with Gasteiger partial charge in [-0.15, -0.1) is 0 Å². The van der Waals surface area contributed by atoms with E-state index in [1.807, 2.05) is 6.92 Å². The smallest absolute Gasteiger partial charge is 0.417 e. The van der Waals surface area contributed by atoms with Gasteiger partial charge in [0.05, 0.1) is 17.2 Å². The van der Waals surface area contributed by atoms with E-state index in [2.05, 4.69) is 15.0 Å². The molecule has 4 rings (SSSR count). The van der Waals surface area contributed by atoms with Crippen LogP contribution in [0.1, 0.15) is 41.3 Å². The van der Waals surface area contributed by atoms with Crippen molar-refractivity contribution in [1.82, 2.24) is 19.9 Å². The standard InChI is InChI=1S/C25H24F4N4O2/c1-15-5-3-12-33(19(15)14-35-20-9-7-17(13-32-20)25(27,28)29)24(34)22-18(26)8-6-16(2)21(22)23-30-10-4-11-31-23/h4,6-11,13,15,19H,3,5,12,14H2,1-2H3. The maximum absolute atomic E-state index is 15.1. The molecule has 184 valence electrons. The van der Waals surface area contributed by atoms with Crippen molar-refractivity contribution in [3.8, 4) is 17.3 Å². The molecule has 2 unspecified atom stereocenters. The lowest BCUT2D eigenvalue weighted by Crippen LogP contribution is -2.51. The number of rotatable bonds is 5. The van der Waals surface area contributed by atoms with E-state index in [0.29, 0.717) is 23.9 Å². The molecule has 2 atom stereocenters. The Bertz CT molecular complexity index is 1190. The third kappa shape index (κ3) is 5.26. The predicted molar refractivity (Wildman–Crippen MR) is 120 cm³/mol. The van der Waals surface area contributed by atoms with Gasteiger partial charge in [-0.1, -0.05) is 13.0 Å².